The third kappa shape index (κ3) is 5.35. The van der Waals surface area contributed by atoms with Crippen molar-refractivity contribution in [2.24, 2.45) is 5.92 Å². The summed E-state index contributed by atoms with van der Waals surface area (Å²) in [4.78, 5) is 0.168. The Morgan fingerprint density at radius 2 is 1.65 bits per heavy atom. The summed E-state index contributed by atoms with van der Waals surface area (Å²) in [5.74, 6) is 0.179. The summed E-state index contributed by atoms with van der Waals surface area (Å²) in [7, 11) is -6.17. The van der Waals surface area contributed by atoms with Gasteiger partial charge in [0.25, 0.3) is 0 Å². The van der Waals surface area contributed by atoms with Crippen molar-refractivity contribution in [3.8, 4) is 0 Å². The van der Waals surface area contributed by atoms with Gasteiger partial charge in [0.2, 0.25) is 10.0 Å². The van der Waals surface area contributed by atoms with Gasteiger partial charge in [-0.1, -0.05) is 30.7 Å². The third-order valence-electron chi connectivity index (χ3n) is 5.37. The van der Waals surface area contributed by atoms with Gasteiger partial charge in [0.1, 0.15) is 8.07 Å². The average molecular weight is 404 g/mol. The lowest BCUT2D eigenvalue weighted by atomic mass is 9.83. The zero-order valence-electron chi connectivity index (χ0n) is 14.8. The molecule has 3 atom stereocenters. The zero-order chi connectivity index (χ0) is 19.2. The van der Waals surface area contributed by atoms with E-state index < -0.39 is 30.2 Å². The molecule has 9 heteroatoms. The fourth-order valence-electron chi connectivity index (χ4n) is 3.39. The molecule has 1 saturated carbocycles. The minimum absolute atomic E-state index is 0.167. The van der Waals surface area contributed by atoms with Gasteiger partial charge in [0.05, 0.1) is 11.0 Å². The predicted molar refractivity (Wildman–Crippen MR) is 100 cm³/mol. The highest BCUT2D eigenvalue weighted by Gasteiger charge is 2.36. The Kier molecular flexibility index (Phi) is 7.77. The smallest absolute Gasteiger partial charge is 0.240 e. The second kappa shape index (κ2) is 9.40. The molecule has 2 rings (SSSR count). The van der Waals surface area contributed by atoms with Crippen molar-refractivity contribution in [2.75, 3.05) is 18.7 Å². The van der Waals surface area contributed by atoms with Crippen molar-refractivity contribution in [3.63, 3.8) is 0 Å². The first-order valence-electron chi connectivity index (χ1n) is 8.94. The van der Waals surface area contributed by atoms with Crippen LogP contribution in [0.1, 0.15) is 25.7 Å². The topological polar surface area (TPSA) is 127 Å². The van der Waals surface area contributed by atoms with Crippen LogP contribution in [0.2, 0.25) is 6.04 Å². The highest BCUT2D eigenvalue weighted by atomic mass is 32.2. The van der Waals surface area contributed by atoms with Crippen LogP contribution < -0.4 is 4.72 Å². The molecular weight excluding hydrogens is 374 g/mol. The Hall–Kier alpha value is -0.813. The van der Waals surface area contributed by atoms with E-state index in [1.807, 2.05) is 0 Å². The summed E-state index contributed by atoms with van der Waals surface area (Å²) in [6, 6.07) is 8.08. The molecule has 0 radical (unpaired) electrons. The lowest BCUT2D eigenvalue weighted by molar-refractivity contribution is 0.0786. The van der Waals surface area contributed by atoms with Gasteiger partial charge in [-0.3, -0.25) is 0 Å². The van der Waals surface area contributed by atoms with Crippen LogP contribution in [0.3, 0.4) is 0 Å². The van der Waals surface area contributed by atoms with E-state index in [2.05, 4.69) is 4.72 Å². The molecule has 1 fully saturated rings. The van der Waals surface area contributed by atoms with Crippen LogP contribution in [0.15, 0.2) is 35.2 Å². The van der Waals surface area contributed by atoms with Gasteiger partial charge in [0, 0.05) is 24.7 Å². The fraction of sp³-hybridized carbons (Fsp3) is 0.647. The van der Waals surface area contributed by atoms with E-state index >= 15 is 0 Å². The van der Waals surface area contributed by atoms with Crippen molar-refractivity contribution in [2.45, 2.75) is 48.8 Å². The van der Waals surface area contributed by atoms with Crippen molar-refractivity contribution in [3.05, 3.63) is 30.3 Å². The van der Waals surface area contributed by atoms with Crippen LogP contribution in [-0.4, -0.2) is 67.8 Å². The number of sulfonamides is 1. The number of hydrogen-bond acceptors (Lipinski definition) is 6. The molecule has 26 heavy (non-hydrogen) atoms. The number of aliphatic hydroxyl groups excluding tert-OH is 4. The number of rotatable bonds is 9. The normalized spacial score (nSPS) is 24.5. The molecule has 0 heterocycles. The molecule has 0 aliphatic heterocycles. The quantitative estimate of drug-likeness (QED) is 0.367. The summed E-state index contributed by atoms with van der Waals surface area (Å²) in [5, 5.41) is 38.7. The van der Waals surface area contributed by atoms with Crippen LogP contribution in [0.4, 0.5) is 0 Å². The van der Waals surface area contributed by atoms with E-state index in [0.29, 0.717) is 25.3 Å². The second-order valence-electron chi connectivity index (χ2n) is 7.30. The van der Waals surface area contributed by atoms with Gasteiger partial charge in [0.15, 0.2) is 0 Å². The van der Waals surface area contributed by atoms with Crippen LogP contribution in [0.5, 0.6) is 0 Å². The number of hydrogen-bond donors (Lipinski definition) is 5. The standard InChI is InChI=1S/C17H29NO6SSi/c19-11-26(12-20,13-21)9-8-14-6-7-17(22)16(10-14)18-25(23,24)15-4-2-1-3-5-15/h1-5,14,16-22H,6-13H2. The maximum Gasteiger partial charge on any atom is 0.240 e. The van der Waals surface area contributed by atoms with Crippen molar-refractivity contribution in [1.82, 2.24) is 4.72 Å². The van der Waals surface area contributed by atoms with Crippen LogP contribution in [0, 0.1) is 5.92 Å². The van der Waals surface area contributed by atoms with E-state index in [-0.39, 0.29) is 29.5 Å². The van der Waals surface area contributed by atoms with E-state index in [9.17, 15) is 28.8 Å². The molecule has 0 amide bonds. The summed E-state index contributed by atoms with van der Waals surface area (Å²) in [6.07, 6.45) is 1.22. The third-order valence-corrected chi connectivity index (χ3v) is 10.2. The molecule has 5 N–H and O–H groups in total. The van der Waals surface area contributed by atoms with Gasteiger partial charge < -0.3 is 20.4 Å². The Labute approximate surface area is 155 Å². The highest BCUT2D eigenvalue weighted by Crippen LogP contribution is 2.31. The van der Waals surface area contributed by atoms with Gasteiger partial charge >= 0.3 is 0 Å². The zero-order valence-corrected chi connectivity index (χ0v) is 16.6. The molecule has 0 spiro atoms. The lowest BCUT2D eigenvalue weighted by Gasteiger charge is -2.35. The van der Waals surface area contributed by atoms with Gasteiger partial charge in [-0.25, -0.2) is 13.1 Å². The molecule has 1 aliphatic rings. The molecular formula is C17H29NO6SSi. The second-order valence-corrected chi connectivity index (χ2v) is 13.5. The largest absolute Gasteiger partial charge is 0.399 e. The van der Waals surface area contributed by atoms with Gasteiger partial charge in [-0.2, -0.15) is 0 Å². The maximum absolute atomic E-state index is 12.5. The molecule has 1 aromatic carbocycles. The molecule has 1 aliphatic carbocycles. The van der Waals surface area contributed by atoms with Crippen molar-refractivity contribution in [1.29, 1.82) is 0 Å². The summed E-state index contributed by atoms with van der Waals surface area (Å²) < 4.78 is 27.6. The first-order valence-corrected chi connectivity index (χ1v) is 13.2. The summed E-state index contributed by atoms with van der Waals surface area (Å²) in [6.45, 7) is 0. The Morgan fingerprint density at radius 1 is 1.04 bits per heavy atom. The Balaban J connectivity index is 1.99. The van der Waals surface area contributed by atoms with Crippen LogP contribution in [0.25, 0.3) is 0 Å². The van der Waals surface area contributed by atoms with Gasteiger partial charge in [-0.15, -0.1) is 0 Å². The summed E-state index contributed by atoms with van der Waals surface area (Å²) >= 11 is 0. The van der Waals surface area contributed by atoms with E-state index in [0.717, 1.165) is 6.42 Å². The fourth-order valence-corrected chi connectivity index (χ4v) is 6.49. The molecule has 0 aromatic heterocycles. The molecule has 1 aromatic rings. The maximum atomic E-state index is 12.5. The lowest BCUT2D eigenvalue weighted by Crippen LogP contribution is -2.50. The average Bonchev–Trinajstić information content (AvgIpc) is 2.66. The minimum atomic E-state index is -3.69. The molecule has 0 saturated heterocycles. The first kappa shape index (κ1) is 21.5. The number of aliphatic hydroxyl groups is 4. The molecule has 148 valence electrons. The van der Waals surface area contributed by atoms with Crippen LogP contribution >= 0.6 is 0 Å². The Bertz CT molecular complexity index is 644. The van der Waals surface area contributed by atoms with E-state index in [1.54, 1.807) is 18.2 Å². The molecule has 0 bridgehead atoms. The number of benzene rings is 1. The molecule has 7 nitrogen and oxygen atoms in total. The first-order chi connectivity index (χ1) is 12.4. The van der Waals surface area contributed by atoms with E-state index in [1.165, 1.54) is 12.1 Å². The number of nitrogens with one attached hydrogen (secondary N) is 1. The SMILES string of the molecule is O=S(=O)(NC1CC(CC[Si](CO)(CO)CO)CCC1O)c1ccccc1. The Morgan fingerprint density at radius 3 is 2.23 bits per heavy atom. The molecule has 3 unspecified atom stereocenters. The van der Waals surface area contributed by atoms with E-state index in [4.69, 9.17) is 0 Å². The highest BCUT2D eigenvalue weighted by molar-refractivity contribution is 7.89. The predicted octanol–water partition coefficient (Wildman–Crippen LogP) is -0.0721. The van der Waals surface area contributed by atoms with Crippen molar-refractivity contribution >= 4 is 18.1 Å². The minimum Gasteiger partial charge on any atom is -0.399 e. The summed E-state index contributed by atoms with van der Waals surface area (Å²) in [5.41, 5.74) is 0. The monoisotopic (exact) mass is 403 g/mol. The van der Waals surface area contributed by atoms with Crippen LogP contribution in [-0.2, 0) is 10.0 Å². The van der Waals surface area contributed by atoms with Crippen molar-refractivity contribution < 1.29 is 28.8 Å². The van der Waals surface area contributed by atoms with Gasteiger partial charge in [-0.05, 0) is 37.3 Å².